The highest BCUT2D eigenvalue weighted by molar-refractivity contribution is 7.91. The molecular weight excluding hydrogens is 284 g/mol. The third-order valence-corrected chi connectivity index (χ3v) is 5.31. The lowest BCUT2D eigenvalue weighted by atomic mass is 9.77. The first-order chi connectivity index (χ1) is 9.38. The number of hydrogen-bond acceptors (Lipinski definition) is 6. The highest BCUT2D eigenvalue weighted by Crippen LogP contribution is 2.32. The van der Waals surface area contributed by atoms with Crippen LogP contribution in [0, 0.1) is 5.41 Å². The molecule has 0 spiro atoms. The molecule has 1 aliphatic rings. The zero-order chi connectivity index (χ0) is 15.2. The summed E-state index contributed by atoms with van der Waals surface area (Å²) in [5.74, 6) is -0.781. The van der Waals surface area contributed by atoms with Gasteiger partial charge in [0.15, 0.2) is 5.78 Å². The van der Waals surface area contributed by atoms with Gasteiger partial charge in [0.2, 0.25) is 0 Å². The number of hydrogen-bond donors (Lipinski definition) is 0. The van der Waals surface area contributed by atoms with E-state index in [9.17, 15) is 18.0 Å². The smallest absolute Gasteiger partial charge is 0.322 e. The summed E-state index contributed by atoms with van der Waals surface area (Å²) in [7, 11) is -3.11. The number of ether oxygens (including phenoxy) is 2. The SMILES string of the molecule is CCOC(=O)C1(CCCS(=O)(=O)CC)COCCC1=O. The predicted molar refractivity (Wildman–Crippen MR) is 73.1 cm³/mol. The number of sulfone groups is 1. The largest absolute Gasteiger partial charge is 0.465 e. The first kappa shape index (κ1) is 17.1. The fourth-order valence-electron chi connectivity index (χ4n) is 2.22. The average molecular weight is 306 g/mol. The lowest BCUT2D eigenvalue weighted by Crippen LogP contribution is -2.48. The second-order valence-electron chi connectivity index (χ2n) is 4.87. The summed E-state index contributed by atoms with van der Waals surface area (Å²) in [4.78, 5) is 24.2. The summed E-state index contributed by atoms with van der Waals surface area (Å²) < 4.78 is 33.2. The van der Waals surface area contributed by atoms with Crippen LogP contribution in [-0.4, -0.2) is 51.5 Å². The van der Waals surface area contributed by atoms with Gasteiger partial charge in [-0.3, -0.25) is 9.59 Å². The average Bonchev–Trinajstić information content (AvgIpc) is 2.41. The Morgan fingerprint density at radius 1 is 1.40 bits per heavy atom. The summed E-state index contributed by atoms with van der Waals surface area (Å²) in [6.45, 7) is 3.71. The molecule has 1 fully saturated rings. The third-order valence-electron chi connectivity index (χ3n) is 3.52. The molecule has 0 aromatic heterocycles. The lowest BCUT2D eigenvalue weighted by Gasteiger charge is -2.33. The number of ketones is 1. The van der Waals surface area contributed by atoms with Crippen LogP contribution in [-0.2, 0) is 28.9 Å². The minimum absolute atomic E-state index is 0.0170. The first-order valence-corrected chi connectivity index (χ1v) is 8.69. The molecule has 0 aromatic carbocycles. The Kier molecular flexibility index (Phi) is 6.13. The van der Waals surface area contributed by atoms with Gasteiger partial charge in [-0.1, -0.05) is 6.92 Å². The van der Waals surface area contributed by atoms with E-state index in [1.54, 1.807) is 13.8 Å². The van der Waals surface area contributed by atoms with E-state index >= 15 is 0 Å². The van der Waals surface area contributed by atoms with Crippen molar-refractivity contribution in [3.63, 3.8) is 0 Å². The van der Waals surface area contributed by atoms with E-state index in [2.05, 4.69) is 0 Å². The molecule has 1 saturated heterocycles. The number of esters is 1. The topological polar surface area (TPSA) is 86.7 Å². The minimum atomic E-state index is -3.11. The molecule has 0 N–H and O–H groups in total. The van der Waals surface area contributed by atoms with Crippen molar-refractivity contribution in [1.29, 1.82) is 0 Å². The molecule has 1 atom stereocenters. The number of carbonyl (C=O) groups is 2. The predicted octanol–water partition coefficient (Wildman–Crippen LogP) is 0.740. The molecule has 0 radical (unpaired) electrons. The van der Waals surface area contributed by atoms with Crippen LogP contribution < -0.4 is 0 Å². The molecule has 20 heavy (non-hydrogen) atoms. The molecule has 0 aliphatic carbocycles. The van der Waals surface area contributed by atoms with Crippen LogP contribution >= 0.6 is 0 Å². The summed E-state index contributed by atoms with van der Waals surface area (Å²) in [5.41, 5.74) is -1.32. The van der Waals surface area contributed by atoms with Gasteiger partial charge in [-0.15, -0.1) is 0 Å². The highest BCUT2D eigenvalue weighted by Gasteiger charge is 2.48. The van der Waals surface area contributed by atoms with Crippen molar-refractivity contribution >= 4 is 21.6 Å². The maximum absolute atomic E-state index is 12.1. The Morgan fingerprint density at radius 2 is 2.10 bits per heavy atom. The van der Waals surface area contributed by atoms with Gasteiger partial charge >= 0.3 is 5.97 Å². The zero-order valence-electron chi connectivity index (χ0n) is 12.0. The second kappa shape index (κ2) is 7.17. The van der Waals surface area contributed by atoms with Gasteiger partial charge in [0, 0.05) is 12.2 Å². The van der Waals surface area contributed by atoms with E-state index in [4.69, 9.17) is 9.47 Å². The van der Waals surface area contributed by atoms with Crippen molar-refractivity contribution in [2.75, 3.05) is 31.3 Å². The van der Waals surface area contributed by atoms with Crippen LogP contribution in [0.4, 0.5) is 0 Å². The quantitative estimate of drug-likeness (QED) is 0.509. The Balaban J connectivity index is 2.78. The Labute approximate surface area is 119 Å². The molecular formula is C13H22O6S. The van der Waals surface area contributed by atoms with Gasteiger partial charge < -0.3 is 9.47 Å². The lowest BCUT2D eigenvalue weighted by molar-refractivity contribution is -0.169. The van der Waals surface area contributed by atoms with Gasteiger partial charge in [0.1, 0.15) is 15.3 Å². The molecule has 7 heteroatoms. The van der Waals surface area contributed by atoms with Crippen molar-refractivity contribution < 1.29 is 27.5 Å². The maximum atomic E-state index is 12.1. The van der Waals surface area contributed by atoms with Crippen LogP contribution in [0.15, 0.2) is 0 Å². The van der Waals surface area contributed by atoms with Gasteiger partial charge in [-0.05, 0) is 19.8 Å². The van der Waals surface area contributed by atoms with Crippen LogP contribution in [0.2, 0.25) is 0 Å². The van der Waals surface area contributed by atoms with Crippen molar-refractivity contribution in [1.82, 2.24) is 0 Å². The number of rotatable bonds is 7. The van der Waals surface area contributed by atoms with E-state index in [0.29, 0.717) is 6.61 Å². The standard InChI is InChI=1S/C13H22O6S/c1-3-19-12(15)13(10-18-8-6-11(13)14)7-5-9-20(16,17)4-2/h3-10H2,1-2H3. The highest BCUT2D eigenvalue weighted by atomic mass is 32.2. The summed E-state index contributed by atoms with van der Waals surface area (Å²) in [5, 5.41) is 0. The fourth-order valence-corrected chi connectivity index (χ4v) is 3.10. The molecule has 1 unspecified atom stereocenters. The molecule has 0 aromatic rings. The van der Waals surface area contributed by atoms with Crippen LogP contribution in [0.5, 0.6) is 0 Å². The van der Waals surface area contributed by atoms with Gasteiger partial charge in [0.05, 0.1) is 25.6 Å². The van der Waals surface area contributed by atoms with E-state index in [1.165, 1.54) is 0 Å². The fraction of sp³-hybridized carbons (Fsp3) is 0.846. The number of Topliss-reactive ketones (excluding diaryl/α,β-unsaturated/α-hetero) is 1. The van der Waals surface area contributed by atoms with Crippen LogP contribution in [0.3, 0.4) is 0 Å². The van der Waals surface area contributed by atoms with Crippen LogP contribution in [0.25, 0.3) is 0 Å². The summed E-state index contributed by atoms with van der Waals surface area (Å²) in [6, 6.07) is 0. The summed E-state index contributed by atoms with van der Waals surface area (Å²) >= 11 is 0. The van der Waals surface area contributed by atoms with Crippen LogP contribution in [0.1, 0.15) is 33.1 Å². The molecule has 6 nitrogen and oxygen atoms in total. The van der Waals surface area contributed by atoms with Gasteiger partial charge in [-0.25, -0.2) is 8.42 Å². The molecule has 0 bridgehead atoms. The summed E-state index contributed by atoms with van der Waals surface area (Å²) in [6.07, 6.45) is 0.577. The zero-order valence-corrected chi connectivity index (χ0v) is 12.8. The van der Waals surface area contributed by atoms with Gasteiger partial charge in [-0.2, -0.15) is 0 Å². The van der Waals surface area contributed by atoms with E-state index in [0.717, 1.165) is 0 Å². The second-order valence-corrected chi connectivity index (χ2v) is 7.34. The normalized spacial score (nSPS) is 23.6. The maximum Gasteiger partial charge on any atom is 0.322 e. The monoisotopic (exact) mass is 306 g/mol. The van der Waals surface area contributed by atoms with Crippen molar-refractivity contribution in [3.8, 4) is 0 Å². The third kappa shape index (κ3) is 4.02. The molecule has 1 rings (SSSR count). The molecule has 0 amide bonds. The van der Waals surface area contributed by atoms with Crippen molar-refractivity contribution in [2.24, 2.45) is 5.41 Å². The molecule has 1 heterocycles. The molecule has 116 valence electrons. The Hall–Kier alpha value is -0.950. The first-order valence-electron chi connectivity index (χ1n) is 6.86. The van der Waals surface area contributed by atoms with Crippen molar-refractivity contribution in [2.45, 2.75) is 33.1 Å². The van der Waals surface area contributed by atoms with Crippen molar-refractivity contribution in [3.05, 3.63) is 0 Å². The Morgan fingerprint density at radius 3 is 2.65 bits per heavy atom. The van der Waals surface area contributed by atoms with E-state index in [-0.39, 0.29) is 49.8 Å². The molecule has 1 aliphatic heterocycles. The van der Waals surface area contributed by atoms with E-state index in [1.807, 2.05) is 0 Å². The Bertz CT molecular complexity index is 455. The van der Waals surface area contributed by atoms with Gasteiger partial charge in [0.25, 0.3) is 0 Å². The van der Waals surface area contributed by atoms with E-state index < -0.39 is 21.2 Å². The number of carbonyl (C=O) groups excluding carboxylic acids is 2. The molecule has 0 saturated carbocycles. The minimum Gasteiger partial charge on any atom is -0.465 e.